The molecular formula is C24H30ClN4O3+. The monoisotopic (exact) mass is 457 g/mol. The normalized spacial score (nSPS) is 17.4. The number of ether oxygens (including phenoxy) is 2. The second kappa shape index (κ2) is 11.1. The number of nitrogens with two attached hydrogens (primary N) is 1. The molecule has 0 radical (unpaired) electrons. The summed E-state index contributed by atoms with van der Waals surface area (Å²) in [7, 11) is 3.19. The van der Waals surface area contributed by atoms with E-state index in [0.717, 1.165) is 35.7 Å². The molecule has 170 valence electrons. The van der Waals surface area contributed by atoms with E-state index in [2.05, 4.69) is 29.6 Å². The zero-order chi connectivity index (χ0) is 23.1. The molecule has 32 heavy (non-hydrogen) atoms. The quantitative estimate of drug-likeness (QED) is 0.425. The van der Waals surface area contributed by atoms with Crippen LogP contribution >= 0.6 is 11.6 Å². The molecule has 8 heteroatoms. The average molecular weight is 458 g/mol. The number of nitrogens with zero attached hydrogens (tertiary/aromatic N) is 3. The van der Waals surface area contributed by atoms with Crippen molar-refractivity contribution >= 4 is 17.2 Å². The van der Waals surface area contributed by atoms with E-state index >= 15 is 0 Å². The molecular weight excluding hydrogens is 428 g/mol. The Balaban J connectivity index is 0.00000141. The van der Waals surface area contributed by atoms with Crippen LogP contribution in [0.25, 0.3) is 16.9 Å². The number of hydrogen-bond acceptors (Lipinski definition) is 5. The lowest BCUT2D eigenvalue weighted by Gasteiger charge is -2.14. The molecule has 0 saturated heterocycles. The van der Waals surface area contributed by atoms with E-state index in [9.17, 15) is 5.26 Å². The number of halogens is 1. The highest BCUT2D eigenvalue weighted by atomic mass is 35.5. The first-order chi connectivity index (χ1) is 15.7. The van der Waals surface area contributed by atoms with Crippen molar-refractivity contribution in [2.45, 2.75) is 38.6 Å². The van der Waals surface area contributed by atoms with Gasteiger partial charge >= 0.3 is 0 Å². The molecule has 1 aliphatic rings. The first-order valence-corrected chi connectivity index (χ1v) is 11.4. The number of imidazole rings is 1. The van der Waals surface area contributed by atoms with E-state index in [-0.39, 0.29) is 0 Å². The molecule has 1 aliphatic carbocycles. The van der Waals surface area contributed by atoms with Crippen molar-refractivity contribution in [1.29, 1.82) is 5.26 Å². The molecule has 0 spiro atoms. The van der Waals surface area contributed by atoms with Crippen LogP contribution in [-0.4, -0.2) is 36.0 Å². The van der Waals surface area contributed by atoms with Crippen LogP contribution in [0.15, 0.2) is 36.5 Å². The summed E-state index contributed by atoms with van der Waals surface area (Å²) < 4.78 is 13.0. The number of aromatic nitrogens is 2. The second-order valence-corrected chi connectivity index (χ2v) is 7.67. The first-order valence-electron chi connectivity index (χ1n) is 10.7. The van der Waals surface area contributed by atoms with Crippen LogP contribution in [0.4, 0.5) is 0 Å². The van der Waals surface area contributed by atoms with E-state index in [1.165, 1.54) is 19.2 Å². The lowest BCUT2D eigenvalue weighted by atomic mass is 10.1. The van der Waals surface area contributed by atoms with Gasteiger partial charge in [0.15, 0.2) is 5.88 Å². The molecule has 3 aromatic rings. The van der Waals surface area contributed by atoms with Gasteiger partial charge in [0.25, 0.3) is 0 Å². The van der Waals surface area contributed by atoms with Crippen molar-refractivity contribution in [3.8, 4) is 34.7 Å². The summed E-state index contributed by atoms with van der Waals surface area (Å²) >= 11 is 4.64. The standard InChI is InChI=1S/C23H26N4O3.CH3Cl/c1-4-15-8-9-17(10-15)26-30-21-12-16(11-20(28-2)18(21)13-24)19-14-25-22-6-5-7-23(29-3)27(19)22;1-2/h5-7,11-12,14-15,17,26H,4,8-10H2,1-3H3;1H3/p+1. The lowest BCUT2D eigenvalue weighted by Crippen LogP contribution is -2.91. The molecule has 2 unspecified atom stereocenters. The predicted octanol–water partition coefficient (Wildman–Crippen LogP) is 4.18. The van der Waals surface area contributed by atoms with Crippen LogP contribution < -0.4 is 19.8 Å². The zero-order valence-corrected chi connectivity index (χ0v) is 19.7. The zero-order valence-electron chi connectivity index (χ0n) is 19.0. The molecule has 1 fully saturated rings. The summed E-state index contributed by atoms with van der Waals surface area (Å²) in [5.74, 6) is 2.41. The van der Waals surface area contributed by atoms with Gasteiger partial charge in [-0.1, -0.05) is 19.4 Å². The third-order valence-electron chi connectivity index (χ3n) is 5.94. The van der Waals surface area contributed by atoms with E-state index < -0.39 is 0 Å². The molecule has 0 bridgehead atoms. The molecule has 2 heterocycles. The van der Waals surface area contributed by atoms with E-state index in [1.54, 1.807) is 20.4 Å². The van der Waals surface area contributed by atoms with E-state index in [4.69, 9.17) is 14.3 Å². The fourth-order valence-corrected chi connectivity index (χ4v) is 4.25. The number of hydroxylamine groups is 1. The smallest absolute Gasteiger partial charge is 0.212 e. The van der Waals surface area contributed by atoms with Gasteiger partial charge in [0.05, 0.1) is 26.1 Å². The molecule has 7 nitrogen and oxygen atoms in total. The first kappa shape index (κ1) is 23.7. The van der Waals surface area contributed by atoms with Gasteiger partial charge in [0.2, 0.25) is 5.75 Å². The summed E-state index contributed by atoms with van der Waals surface area (Å²) in [5, 5.41) is 9.72. The summed E-state index contributed by atoms with van der Waals surface area (Å²) in [6, 6.07) is 12.1. The van der Waals surface area contributed by atoms with Crippen molar-refractivity contribution in [1.82, 2.24) is 9.38 Å². The molecule has 0 aliphatic heterocycles. The van der Waals surface area contributed by atoms with Crippen LogP contribution in [0, 0.1) is 17.2 Å². The maximum atomic E-state index is 9.72. The average Bonchev–Trinajstić information content (AvgIpc) is 3.50. The fourth-order valence-electron chi connectivity index (χ4n) is 4.25. The third kappa shape index (κ3) is 4.77. The maximum Gasteiger partial charge on any atom is 0.212 e. The number of pyridine rings is 1. The highest BCUT2D eigenvalue weighted by Gasteiger charge is 2.28. The Hall–Kier alpha value is -2.95. The molecule has 2 aromatic heterocycles. The minimum absolute atomic E-state index is 0.392. The molecule has 1 aromatic carbocycles. The molecule has 2 atom stereocenters. The Kier molecular flexibility index (Phi) is 8.20. The second-order valence-electron chi connectivity index (χ2n) is 7.67. The van der Waals surface area contributed by atoms with Crippen LogP contribution in [0.5, 0.6) is 17.4 Å². The molecule has 2 N–H and O–H groups in total. The van der Waals surface area contributed by atoms with Crippen LogP contribution in [-0.2, 0) is 0 Å². The van der Waals surface area contributed by atoms with Gasteiger partial charge < -0.3 is 14.3 Å². The van der Waals surface area contributed by atoms with Gasteiger partial charge in [0.1, 0.15) is 29.1 Å². The predicted molar refractivity (Wildman–Crippen MR) is 124 cm³/mol. The highest BCUT2D eigenvalue weighted by Crippen LogP contribution is 2.35. The van der Waals surface area contributed by atoms with Crippen molar-refractivity contribution in [3.63, 3.8) is 0 Å². The van der Waals surface area contributed by atoms with Crippen molar-refractivity contribution < 1.29 is 19.8 Å². The topological polar surface area (TPSA) is 85.4 Å². The number of quaternary nitrogens is 1. The molecule has 4 rings (SSSR count). The fraction of sp³-hybridized carbons (Fsp3) is 0.417. The van der Waals surface area contributed by atoms with Gasteiger partial charge in [-0.05, 0) is 36.6 Å². The lowest BCUT2D eigenvalue weighted by molar-refractivity contribution is -0.880. The Labute approximate surface area is 193 Å². The van der Waals surface area contributed by atoms with Gasteiger partial charge in [-0.2, -0.15) is 10.7 Å². The number of nitriles is 1. The summed E-state index contributed by atoms with van der Waals surface area (Å²) in [4.78, 5) is 10.6. The minimum Gasteiger partial charge on any atom is -0.495 e. The number of alkyl halides is 1. The van der Waals surface area contributed by atoms with Crippen LogP contribution in [0.2, 0.25) is 0 Å². The van der Waals surface area contributed by atoms with Crippen molar-refractivity contribution in [2.24, 2.45) is 5.92 Å². The number of methoxy groups -OCH3 is 2. The maximum absolute atomic E-state index is 9.72. The van der Waals surface area contributed by atoms with Crippen molar-refractivity contribution in [2.75, 3.05) is 20.6 Å². The van der Waals surface area contributed by atoms with E-state index in [0.29, 0.717) is 29.0 Å². The molecule has 0 amide bonds. The number of hydrogen-bond donors (Lipinski definition) is 1. The Morgan fingerprint density at radius 3 is 2.62 bits per heavy atom. The van der Waals surface area contributed by atoms with Crippen LogP contribution in [0.3, 0.4) is 0 Å². The largest absolute Gasteiger partial charge is 0.495 e. The summed E-state index contributed by atoms with van der Waals surface area (Å²) in [6.45, 7) is 2.24. The highest BCUT2D eigenvalue weighted by molar-refractivity contribution is 6.15. The van der Waals surface area contributed by atoms with Crippen molar-refractivity contribution in [3.05, 3.63) is 42.1 Å². The summed E-state index contributed by atoms with van der Waals surface area (Å²) in [5.41, 5.74) is 4.73. The number of benzene rings is 1. The van der Waals surface area contributed by atoms with Gasteiger partial charge in [0, 0.05) is 24.8 Å². The third-order valence-corrected chi connectivity index (χ3v) is 5.94. The number of fused-ring (bicyclic) bond motifs is 1. The number of rotatable bonds is 7. The molecule has 1 saturated carbocycles. The van der Waals surface area contributed by atoms with Gasteiger partial charge in [-0.25, -0.2) is 4.98 Å². The van der Waals surface area contributed by atoms with Crippen LogP contribution in [0.1, 0.15) is 38.2 Å². The summed E-state index contributed by atoms with van der Waals surface area (Å²) in [6.07, 6.45) is 7.96. The van der Waals surface area contributed by atoms with Gasteiger partial charge in [-0.3, -0.25) is 4.40 Å². The Morgan fingerprint density at radius 2 is 1.97 bits per heavy atom. The van der Waals surface area contributed by atoms with E-state index in [1.807, 2.05) is 40.2 Å². The Bertz CT molecular complexity index is 1090. The Morgan fingerprint density at radius 1 is 1.19 bits per heavy atom. The minimum atomic E-state index is 0.392. The SMILES string of the molecule is CCC1CCC([NH2+]Oc2cc(-c3cnc4cccc(OC)n34)cc(OC)c2C#N)C1.CCl. The van der Waals surface area contributed by atoms with Gasteiger partial charge in [-0.15, -0.1) is 11.6 Å².